The summed E-state index contributed by atoms with van der Waals surface area (Å²) < 4.78 is 6.94. The Hall–Kier alpha value is -3.06. The molecule has 29 heavy (non-hydrogen) atoms. The third-order valence-corrected chi connectivity index (χ3v) is 5.69. The highest BCUT2D eigenvalue weighted by atomic mass is 35.5. The Morgan fingerprint density at radius 3 is 2.10 bits per heavy atom. The van der Waals surface area contributed by atoms with Gasteiger partial charge < -0.3 is 14.2 Å². The summed E-state index contributed by atoms with van der Waals surface area (Å²) in [6.07, 6.45) is 1.48. The molecule has 0 bridgehead atoms. The lowest BCUT2D eigenvalue weighted by Gasteiger charge is -2.34. The molecule has 0 atom stereocenters. The Balaban J connectivity index is 1.41. The number of nitrogens with zero attached hydrogens (tertiary/aromatic N) is 4. The van der Waals surface area contributed by atoms with E-state index in [9.17, 15) is 9.59 Å². The largest absolute Gasteiger partial charge is 0.459 e. The van der Waals surface area contributed by atoms with Gasteiger partial charge in [0, 0.05) is 31.7 Å². The van der Waals surface area contributed by atoms with E-state index < -0.39 is 0 Å². The number of carbonyl (C=O) groups is 2. The molecule has 8 heteroatoms. The molecule has 1 fully saturated rings. The zero-order chi connectivity index (χ0) is 20.5. The van der Waals surface area contributed by atoms with Crippen LogP contribution in [0.15, 0.2) is 47.1 Å². The molecule has 7 nitrogen and oxygen atoms in total. The Kier molecular flexibility index (Phi) is 5.15. The Morgan fingerprint density at radius 2 is 1.59 bits per heavy atom. The number of benzene rings is 1. The van der Waals surface area contributed by atoms with Gasteiger partial charge in [0.25, 0.3) is 11.8 Å². The fourth-order valence-electron chi connectivity index (χ4n) is 3.47. The van der Waals surface area contributed by atoms with E-state index in [4.69, 9.17) is 16.0 Å². The number of furan rings is 1. The smallest absolute Gasteiger partial charge is 0.289 e. The van der Waals surface area contributed by atoms with Gasteiger partial charge in [-0.3, -0.25) is 9.59 Å². The third kappa shape index (κ3) is 3.65. The van der Waals surface area contributed by atoms with E-state index >= 15 is 0 Å². The van der Waals surface area contributed by atoms with Crippen molar-refractivity contribution < 1.29 is 14.0 Å². The fraction of sp³-hybridized carbons (Fsp3) is 0.286. The van der Waals surface area contributed by atoms with E-state index in [1.165, 1.54) is 6.26 Å². The lowest BCUT2D eigenvalue weighted by Crippen LogP contribution is -2.50. The van der Waals surface area contributed by atoms with Crippen molar-refractivity contribution in [3.63, 3.8) is 0 Å². The van der Waals surface area contributed by atoms with Gasteiger partial charge in [-0.2, -0.15) is 5.10 Å². The second-order valence-corrected chi connectivity index (χ2v) is 7.38. The van der Waals surface area contributed by atoms with Gasteiger partial charge in [-0.1, -0.05) is 11.6 Å². The molecule has 2 amide bonds. The number of hydrogen-bond donors (Lipinski definition) is 0. The molecule has 0 aliphatic carbocycles. The standard InChI is InChI=1S/C21H21ClN4O3/c1-14-19(22)15(2)26(23-14)17-7-5-16(6-8-17)20(27)24-9-11-25(12-10-24)21(28)18-4-3-13-29-18/h3-8,13H,9-12H2,1-2H3. The van der Waals surface area contributed by atoms with Gasteiger partial charge in [0.1, 0.15) is 0 Å². The summed E-state index contributed by atoms with van der Waals surface area (Å²) >= 11 is 6.22. The molecule has 0 spiro atoms. The number of aryl methyl sites for hydroxylation is 1. The van der Waals surface area contributed by atoms with Gasteiger partial charge >= 0.3 is 0 Å². The summed E-state index contributed by atoms with van der Waals surface area (Å²) in [4.78, 5) is 28.7. The number of piperazine rings is 1. The van der Waals surface area contributed by atoms with Crippen molar-refractivity contribution in [2.75, 3.05) is 26.2 Å². The van der Waals surface area contributed by atoms with Crippen LogP contribution in [0.3, 0.4) is 0 Å². The number of hydrogen-bond acceptors (Lipinski definition) is 4. The first-order valence-corrected chi connectivity index (χ1v) is 9.77. The molecule has 1 saturated heterocycles. The third-order valence-electron chi connectivity index (χ3n) is 5.15. The van der Waals surface area contributed by atoms with Gasteiger partial charge in [0.15, 0.2) is 5.76 Å². The summed E-state index contributed by atoms with van der Waals surface area (Å²) in [5.74, 6) is 0.132. The monoisotopic (exact) mass is 412 g/mol. The lowest BCUT2D eigenvalue weighted by atomic mass is 10.1. The highest BCUT2D eigenvalue weighted by Crippen LogP contribution is 2.23. The molecule has 0 radical (unpaired) electrons. The number of aromatic nitrogens is 2. The number of halogens is 1. The molecule has 0 unspecified atom stereocenters. The van der Waals surface area contributed by atoms with E-state index in [1.807, 2.05) is 26.0 Å². The minimum absolute atomic E-state index is 0.0481. The topological polar surface area (TPSA) is 71.6 Å². The maximum atomic E-state index is 12.8. The first-order chi connectivity index (χ1) is 14.0. The van der Waals surface area contributed by atoms with E-state index in [2.05, 4.69) is 5.10 Å². The average Bonchev–Trinajstić information content (AvgIpc) is 3.38. The second kappa shape index (κ2) is 7.75. The summed E-state index contributed by atoms with van der Waals surface area (Å²) in [7, 11) is 0. The van der Waals surface area contributed by atoms with Crippen LogP contribution in [0.25, 0.3) is 5.69 Å². The van der Waals surface area contributed by atoms with E-state index in [1.54, 1.807) is 38.7 Å². The van der Waals surface area contributed by atoms with Crippen molar-refractivity contribution in [1.82, 2.24) is 19.6 Å². The predicted molar refractivity (Wildman–Crippen MR) is 109 cm³/mol. The summed E-state index contributed by atoms with van der Waals surface area (Å²) in [5.41, 5.74) is 3.09. The van der Waals surface area contributed by atoms with E-state index in [0.29, 0.717) is 42.5 Å². The van der Waals surface area contributed by atoms with Crippen molar-refractivity contribution in [3.8, 4) is 5.69 Å². The van der Waals surface area contributed by atoms with Crippen LogP contribution in [-0.4, -0.2) is 57.6 Å². The number of amides is 2. The summed E-state index contributed by atoms with van der Waals surface area (Å²) in [6.45, 7) is 5.70. The predicted octanol–water partition coefficient (Wildman–Crippen LogP) is 3.33. The van der Waals surface area contributed by atoms with Crippen LogP contribution in [0.4, 0.5) is 0 Å². The van der Waals surface area contributed by atoms with Crippen LogP contribution in [-0.2, 0) is 0 Å². The molecule has 0 N–H and O–H groups in total. The molecule has 3 heterocycles. The van der Waals surface area contributed by atoms with Crippen LogP contribution in [0, 0.1) is 13.8 Å². The van der Waals surface area contributed by atoms with Crippen molar-refractivity contribution in [3.05, 3.63) is 70.4 Å². The zero-order valence-electron chi connectivity index (χ0n) is 16.3. The van der Waals surface area contributed by atoms with Crippen molar-refractivity contribution >= 4 is 23.4 Å². The van der Waals surface area contributed by atoms with Gasteiger partial charge in [-0.15, -0.1) is 0 Å². The van der Waals surface area contributed by atoms with Gasteiger partial charge in [-0.05, 0) is 50.2 Å². The van der Waals surface area contributed by atoms with E-state index in [-0.39, 0.29) is 11.8 Å². The van der Waals surface area contributed by atoms with Crippen LogP contribution < -0.4 is 0 Å². The molecule has 3 aromatic rings. The normalized spacial score (nSPS) is 14.3. The maximum Gasteiger partial charge on any atom is 0.289 e. The first kappa shape index (κ1) is 19.3. The molecule has 4 rings (SSSR count). The van der Waals surface area contributed by atoms with Crippen molar-refractivity contribution in [1.29, 1.82) is 0 Å². The Labute approximate surface area is 173 Å². The maximum absolute atomic E-state index is 12.8. The molecule has 1 aromatic carbocycles. The number of rotatable bonds is 3. The lowest BCUT2D eigenvalue weighted by molar-refractivity contribution is 0.0518. The molecule has 1 aliphatic rings. The molecule has 1 aliphatic heterocycles. The highest BCUT2D eigenvalue weighted by Gasteiger charge is 2.26. The van der Waals surface area contributed by atoms with Crippen LogP contribution in [0.1, 0.15) is 32.3 Å². The van der Waals surface area contributed by atoms with Gasteiger partial charge in [-0.25, -0.2) is 4.68 Å². The van der Waals surface area contributed by atoms with Gasteiger partial charge in [0.2, 0.25) is 0 Å². The highest BCUT2D eigenvalue weighted by molar-refractivity contribution is 6.31. The first-order valence-electron chi connectivity index (χ1n) is 9.40. The molecule has 2 aromatic heterocycles. The minimum atomic E-state index is -0.144. The van der Waals surface area contributed by atoms with Crippen molar-refractivity contribution in [2.24, 2.45) is 0 Å². The molecular formula is C21H21ClN4O3. The Bertz CT molecular complexity index is 1030. The van der Waals surface area contributed by atoms with Crippen LogP contribution in [0.2, 0.25) is 5.02 Å². The van der Waals surface area contributed by atoms with Crippen LogP contribution >= 0.6 is 11.6 Å². The van der Waals surface area contributed by atoms with Crippen molar-refractivity contribution in [2.45, 2.75) is 13.8 Å². The molecule has 150 valence electrons. The minimum Gasteiger partial charge on any atom is -0.459 e. The SMILES string of the molecule is Cc1nn(-c2ccc(C(=O)N3CCN(C(=O)c4ccco4)CC3)cc2)c(C)c1Cl. The quantitative estimate of drug-likeness (QED) is 0.661. The summed E-state index contributed by atoms with van der Waals surface area (Å²) in [5, 5.41) is 5.08. The average molecular weight is 413 g/mol. The van der Waals surface area contributed by atoms with E-state index in [0.717, 1.165) is 17.1 Å². The van der Waals surface area contributed by atoms with Gasteiger partial charge in [0.05, 0.1) is 28.4 Å². The zero-order valence-corrected chi connectivity index (χ0v) is 17.0. The Morgan fingerprint density at radius 1 is 0.966 bits per heavy atom. The second-order valence-electron chi connectivity index (χ2n) is 7.01. The molecule has 0 saturated carbocycles. The fourth-order valence-corrected chi connectivity index (χ4v) is 3.59. The molecular weight excluding hydrogens is 392 g/mol. The number of carbonyl (C=O) groups excluding carboxylic acids is 2. The summed E-state index contributed by atoms with van der Waals surface area (Å²) in [6, 6.07) is 10.7. The van der Waals surface area contributed by atoms with Crippen LogP contribution in [0.5, 0.6) is 0 Å².